The van der Waals surface area contributed by atoms with Gasteiger partial charge in [-0.3, -0.25) is 4.99 Å². The van der Waals surface area contributed by atoms with E-state index < -0.39 is 0 Å². The molecular weight excluding hydrogens is 188 g/mol. The van der Waals surface area contributed by atoms with Crippen LogP contribution in [0.2, 0.25) is 0 Å². The fourth-order valence-electron chi connectivity index (χ4n) is 1.38. The van der Waals surface area contributed by atoms with Gasteiger partial charge in [-0.25, -0.2) is 9.97 Å². The third kappa shape index (κ3) is 1.79. The van der Waals surface area contributed by atoms with E-state index in [4.69, 9.17) is 5.73 Å². The standard InChI is InChI=1S/C11H12N4/c1-7-3-4-9-8(5-7)6-14-11(15-9)10(12)13-2/h3-6H,1-2H3,(H2,12,13). The monoisotopic (exact) mass is 200 g/mol. The lowest BCUT2D eigenvalue weighted by atomic mass is 10.2. The zero-order chi connectivity index (χ0) is 10.8. The van der Waals surface area contributed by atoms with Gasteiger partial charge in [-0.15, -0.1) is 0 Å². The summed E-state index contributed by atoms with van der Waals surface area (Å²) in [6.07, 6.45) is 1.77. The Morgan fingerprint density at radius 1 is 1.40 bits per heavy atom. The molecule has 0 bridgehead atoms. The van der Waals surface area contributed by atoms with Crippen LogP contribution in [0.15, 0.2) is 29.4 Å². The van der Waals surface area contributed by atoms with Gasteiger partial charge < -0.3 is 5.73 Å². The summed E-state index contributed by atoms with van der Waals surface area (Å²) in [5.74, 6) is 0.839. The first-order chi connectivity index (χ1) is 7.20. The Morgan fingerprint density at radius 2 is 2.20 bits per heavy atom. The molecule has 1 heterocycles. The first-order valence-electron chi connectivity index (χ1n) is 4.67. The molecule has 0 spiro atoms. The Hall–Kier alpha value is -1.97. The maximum absolute atomic E-state index is 5.64. The number of amidine groups is 1. The van der Waals surface area contributed by atoms with Gasteiger partial charge in [-0.1, -0.05) is 11.6 Å². The van der Waals surface area contributed by atoms with E-state index in [1.54, 1.807) is 13.2 Å². The van der Waals surface area contributed by atoms with Crippen LogP contribution in [0, 0.1) is 6.92 Å². The maximum Gasteiger partial charge on any atom is 0.195 e. The summed E-state index contributed by atoms with van der Waals surface area (Å²) in [4.78, 5) is 12.3. The molecule has 0 aliphatic carbocycles. The number of hydrogen-bond acceptors (Lipinski definition) is 3. The summed E-state index contributed by atoms with van der Waals surface area (Å²) in [5, 5.41) is 1.02. The summed E-state index contributed by atoms with van der Waals surface area (Å²) in [6.45, 7) is 2.04. The van der Waals surface area contributed by atoms with Crippen molar-refractivity contribution in [1.29, 1.82) is 0 Å². The quantitative estimate of drug-likeness (QED) is 0.557. The van der Waals surface area contributed by atoms with E-state index in [-0.39, 0.29) is 0 Å². The van der Waals surface area contributed by atoms with Gasteiger partial charge in [0.15, 0.2) is 11.7 Å². The maximum atomic E-state index is 5.64. The topological polar surface area (TPSA) is 64.2 Å². The SMILES string of the molecule is CN=C(N)c1ncc2cc(C)ccc2n1. The van der Waals surface area contributed by atoms with Crippen LogP contribution in [-0.4, -0.2) is 22.9 Å². The van der Waals surface area contributed by atoms with Crippen LogP contribution in [0.25, 0.3) is 10.9 Å². The molecule has 4 heteroatoms. The number of aliphatic imine (C=N–C) groups is 1. The van der Waals surface area contributed by atoms with Crippen LogP contribution in [-0.2, 0) is 0 Å². The molecule has 15 heavy (non-hydrogen) atoms. The van der Waals surface area contributed by atoms with Crippen molar-refractivity contribution >= 4 is 16.7 Å². The third-order valence-corrected chi connectivity index (χ3v) is 2.21. The van der Waals surface area contributed by atoms with Crippen LogP contribution < -0.4 is 5.73 Å². The Morgan fingerprint density at radius 3 is 2.93 bits per heavy atom. The van der Waals surface area contributed by atoms with Gasteiger partial charge in [0.1, 0.15) is 0 Å². The van der Waals surface area contributed by atoms with Crippen molar-refractivity contribution in [3.05, 3.63) is 35.8 Å². The minimum atomic E-state index is 0.359. The number of rotatable bonds is 1. The highest BCUT2D eigenvalue weighted by Crippen LogP contribution is 2.12. The molecule has 4 nitrogen and oxygen atoms in total. The minimum Gasteiger partial charge on any atom is -0.381 e. The molecule has 76 valence electrons. The number of hydrogen-bond donors (Lipinski definition) is 1. The van der Waals surface area contributed by atoms with E-state index in [9.17, 15) is 0 Å². The predicted octanol–water partition coefficient (Wildman–Crippen LogP) is 1.27. The molecule has 0 radical (unpaired) electrons. The highest BCUT2D eigenvalue weighted by molar-refractivity contribution is 5.95. The molecule has 0 atom stereocenters. The van der Waals surface area contributed by atoms with Crippen molar-refractivity contribution in [3.63, 3.8) is 0 Å². The molecule has 0 amide bonds. The average Bonchev–Trinajstić information content (AvgIpc) is 2.27. The highest BCUT2D eigenvalue weighted by Gasteiger charge is 2.02. The largest absolute Gasteiger partial charge is 0.381 e. The molecule has 2 aromatic rings. The van der Waals surface area contributed by atoms with E-state index in [0.29, 0.717) is 11.7 Å². The summed E-state index contributed by atoms with van der Waals surface area (Å²) in [6, 6.07) is 6.01. The summed E-state index contributed by atoms with van der Waals surface area (Å²) in [7, 11) is 1.62. The van der Waals surface area contributed by atoms with Gasteiger partial charge in [0.2, 0.25) is 0 Å². The Bertz CT molecular complexity index is 531. The molecule has 0 saturated carbocycles. The van der Waals surface area contributed by atoms with Crippen molar-refractivity contribution in [3.8, 4) is 0 Å². The van der Waals surface area contributed by atoms with Crippen molar-refractivity contribution in [2.24, 2.45) is 10.7 Å². The first kappa shape index (κ1) is 9.58. The van der Waals surface area contributed by atoms with Gasteiger partial charge in [0.05, 0.1) is 5.52 Å². The second-order valence-electron chi connectivity index (χ2n) is 3.36. The van der Waals surface area contributed by atoms with Gasteiger partial charge >= 0.3 is 0 Å². The Kier molecular flexibility index (Phi) is 2.33. The third-order valence-electron chi connectivity index (χ3n) is 2.21. The lowest BCUT2D eigenvalue weighted by Crippen LogP contribution is -2.16. The van der Waals surface area contributed by atoms with Crippen molar-refractivity contribution < 1.29 is 0 Å². The summed E-state index contributed by atoms with van der Waals surface area (Å²) in [5.41, 5.74) is 7.72. The lowest BCUT2D eigenvalue weighted by Gasteiger charge is -2.01. The van der Waals surface area contributed by atoms with Crippen LogP contribution in [0.4, 0.5) is 0 Å². The molecule has 0 aliphatic heterocycles. The number of fused-ring (bicyclic) bond motifs is 1. The first-order valence-corrected chi connectivity index (χ1v) is 4.67. The predicted molar refractivity (Wildman–Crippen MR) is 60.9 cm³/mol. The molecule has 0 aliphatic rings. The van der Waals surface area contributed by atoms with Gasteiger partial charge in [0, 0.05) is 18.6 Å². The molecule has 0 saturated heterocycles. The second-order valence-corrected chi connectivity index (χ2v) is 3.36. The highest BCUT2D eigenvalue weighted by atomic mass is 15.0. The van der Waals surface area contributed by atoms with E-state index >= 15 is 0 Å². The number of benzene rings is 1. The molecule has 0 unspecified atom stereocenters. The zero-order valence-corrected chi connectivity index (χ0v) is 8.73. The fraction of sp³-hybridized carbons (Fsp3) is 0.182. The summed E-state index contributed by atoms with van der Waals surface area (Å²) < 4.78 is 0. The smallest absolute Gasteiger partial charge is 0.195 e. The molecule has 1 aromatic heterocycles. The Balaban J connectivity index is 2.62. The van der Waals surface area contributed by atoms with Gasteiger partial charge in [-0.05, 0) is 19.1 Å². The molecule has 1 aromatic carbocycles. The number of nitrogens with two attached hydrogens (primary N) is 1. The fourth-order valence-corrected chi connectivity index (χ4v) is 1.38. The second kappa shape index (κ2) is 3.65. The number of aromatic nitrogens is 2. The van der Waals surface area contributed by atoms with Gasteiger partial charge in [0.25, 0.3) is 0 Å². The normalized spacial score (nSPS) is 12.0. The van der Waals surface area contributed by atoms with E-state index in [0.717, 1.165) is 10.9 Å². The number of nitrogens with zero attached hydrogens (tertiary/aromatic N) is 3. The lowest BCUT2D eigenvalue weighted by molar-refractivity contribution is 1.16. The average molecular weight is 200 g/mol. The van der Waals surface area contributed by atoms with Crippen LogP contribution in [0.3, 0.4) is 0 Å². The molecule has 2 rings (SSSR count). The molecule has 0 fully saturated rings. The van der Waals surface area contributed by atoms with Crippen LogP contribution >= 0.6 is 0 Å². The molecular formula is C11H12N4. The van der Waals surface area contributed by atoms with Crippen molar-refractivity contribution in [1.82, 2.24) is 9.97 Å². The van der Waals surface area contributed by atoms with E-state index in [2.05, 4.69) is 15.0 Å². The van der Waals surface area contributed by atoms with Crippen molar-refractivity contribution in [2.45, 2.75) is 6.92 Å². The summed E-state index contributed by atoms with van der Waals surface area (Å²) >= 11 is 0. The molecule has 2 N–H and O–H groups in total. The van der Waals surface area contributed by atoms with Crippen LogP contribution in [0.5, 0.6) is 0 Å². The van der Waals surface area contributed by atoms with E-state index in [1.807, 2.05) is 25.1 Å². The zero-order valence-electron chi connectivity index (χ0n) is 8.73. The Labute approximate surface area is 87.9 Å². The van der Waals surface area contributed by atoms with Crippen LogP contribution in [0.1, 0.15) is 11.4 Å². The van der Waals surface area contributed by atoms with E-state index in [1.165, 1.54) is 5.56 Å². The number of aryl methyl sites for hydroxylation is 1. The van der Waals surface area contributed by atoms with Crippen molar-refractivity contribution in [2.75, 3.05) is 7.05 Å². The minimum absolute atomic E-state index is 0.359. The van der Waals surface area contributed by atoms with Gasteiger partial charge in [-0.2, -0.15) is 0 Å².